The maximum absolute atomic E-state index is 11.6. The highest BCUT2D eigenvalue weighted by atomic mass is 16.5. The fourth-order valence-corrected chi connectivity index (χ4v) is 1.91. The normalized spacial score (nSPS) is 12.3. The first-order chi connectivity index (χ1) is 9.40. The molecule has 0 bridgehead atoms. The van der Waals surface area contributed by atoms with E-state index in [-0.39, 0.29) is 17.9 Å². The molecule has 0 aromatic heterocycles. The molecule has 0 heterocycles. The molecular weight excluding hydrogens is 250 g/mol. The average molecular weight is 273 g/mol. The number of amides is 1. The zero-order chi connectivity index (χ0) is 15.0. The Morgan fingerprint density at radius 3 is 2.55 bits per heavy atom. The topological polar surface area (TPSA) is 38.3 Å². The Labute approximate surface area is 121 Å². The van der Waals surface area contributed by atoms with Crippen molar-refractivity contribution in [1.82, 2.24) is 5.32 Å². The van der Waals surface area contributed by atoms with Crippen molar-refractivity contribution < 1.29 is 9.53 Å². The Hall–Kier alpha value is -1.95. The second kappa shape index (κ2) is 7.59. The van der Waals surface area contributed by atoms with Crippen LogP contribution in [0.2, 0.25) is 0 Å². The van der Waals surface area contributed by atoms with Crippen LogP contribution in [0.15, 0.2) is 30.3 Å². The summed E-state index contributed by atoms with van der Waals surface area (Å²) < 4.78 is 5.13. The molecule has 0 aliphatic heterocycles. The molecular formula is C17H23NO2. The molecule has 0 aliphatic rings. The van der Waals surface area contributed by atoms with Gasteiger partial charge < -0.3 is 10.1 Å². The van der Waals surface area contributed by atoms with Gasteiger partial charge in [-0.15, -0.1) is 12.3 Å². The molecule has 20 heavy (non-hydrogen) atoms. The first-order valence-corrected chi connectivity index (χ1v) is 6.81. The lowest BCUT2D eigenvalue weighted by Gasteiger charge is -2.22. The largest absolute Gasteiger partial charge is 0.445 e. The van der Waals surface area contributed by atoms with Crippen LogP contribution in [-0.2, 0) is 11.3 Å². The summed E-state index contributed by atoms with van der Waals surface area (Å²) in [5, 5.41) is 2.72. The van der Waals surface area contributed by atoms with Gasteiger partial charge in [0.05, 0.1) is 0 Å². The van der Waals surface area contributed by atoms with Gasteiger partial charge in [-0.25, -0.2) is 4.79 Å². The summed E-state index contributed by atoms with van der Waals surface area (Å²) in [5.41, 5.74) is 1.11. The van der Waals surface area contributed by atoms with E-state index in [0.29, 0.717) is 6.54 Å². The molecule has 0 saturated heterocycles. The Morgan fingerprint density at radius 2 is 2.00 bits per heavy atom. The van der Waals surface area contributed by atoms with Crippen molar-refractivity contribution in [1.29, 1.82) is 0 Å². The molecule has 1 rings (SSSR count). The number of hydrogen-bond donors (Lipinski definition) is 1. The minimum atomic E-state index is -0.428. The molecule has 0 aliphatic carbocycles. The molecule has 1 aromatic rings. The maximum Gasteiger partial charge on any atom is 0.407 e. The van der Waals surface area contributed by atoms with Crippen LogP contribution >= 0.6 is 0 Å². The standard InChI is InChI=1S/C17H23NO2/c1-5-14(11-17(2,3)4)12-18-16(19)20-13-15-9-7-6-8-10-15/h1,6-10,14H,11-13H2,2-4H3,(H,18,19). The number of rotatable bonds is 5. The molecule has 1 unspecified atom stereocenters. The highest BCUT2D eigenvalue weighted by Gasteiger charge is 2.17. The maximum atomic E-state index is 11.6. The number of ether oxygens (including phenoxy) is 1. The Morgan fingerprint density at radius 1 is 1.35 bits per heavy atom. The number of carbonyl (C=O) groups excluding carboxylic acids is 1. The highest BCUT2D eigenvalue weighted by molar-refractivity contribution is 5.67. The van der Waals surface area contributed by atoms with Crippen LogP contribution < -0.4 is 5.32 Å². The van der Waals surface area contributed by atoms with E-state index < -0.39 is 6.09 Å². The second-order valence-corrected chi connectivity index (χ2v) is 6.07. The molecule has 1 amide bonds. The second-order valence-electron chi connectivity index (χ2n) is 6.07. The van der Waals surface area contributed by atoms with Crippen molar-refractivity contribution in [2.24, 2.45) is 11.3 Å². The van der Waals surface area contributed by atoms with Crippen molar-refractivity contribution in [2.75, 3.05) is 6.54 Å². The highest BCUT2D eigenvalue weighted by Crippen LogP contribution is 2.23. The van der Waals surface area contributed by atoms with Gasteiger partial charge >= 0.3 is 6.09 Å². The number of carbonyl (C=O) groups is 1. The van der Waals surface area contributed by atoms with Crippen LogP contribution in [0.25, 0.3) is 0 Å². The lowest BCUT2D eigenvalue weighted by molar-refractivity contribution is 0.138. The van der Waals surface area contributed by atoms with E-state index in [4.69, 9.17) is 11.2 Å². The van der Waals surface area contributed by atoms with Gasteiger partial charge in [0, 0.05) is 12.5 Å². The SMILES string of the molecule is C#CC(CNC(=O)OCc1ccccc1)CC(C)(C)C. The van der Waals surface area contributed by atoms with Gasteiger partial charge in [0.25, 0.3) is 0 Å². The number of terminal acetylenes is 1. The molecule has 0 radical (unpaired) electrons. The third kappa shape index (κ3) is 6.84. The third-order valence-electron chi connectivity index (χ3n) is 2.80. The van der Waals surface area contributed by atoms with Crippen molar-refractivity contribution in [3.63, 3.8) is 0 Å². The summed E-state index contributed by atoms with van der Waals surface area (Å²) in [6.45, 7) is 7.11. The molecule has 0 spiro atoms. The van der Waals surface area contributed by atoms with Gasteiger partial charge in [-0.3, -0.25) is 0 Å². The summed E-state index contributed by atoms with van der Waals surface area (Å²) in [4.78, 5) is 11.6. The van der Waals surface area contributed by atoms with Gasteiger partial charge in [-0.2, -0.15) is 0 Å². The zero-order valence-corrected chi connectivity index (χ0v) is 12.5. The quantitative estimate of drug-likeness (QED) is 0.832. The molecule has 0 saturated carbocycles. The van der Waals surface area contributed by atoms with Crippen molar-refractivity contribution in [3.8, 4) is 12.3 Å². The van der Waals surface area contributed by atoms with Crippen LogP contribution in [0.1, 0.15) is 32.8 Å². The van der Waals surface area contributed by atoms with Crippen LogP contribution in [0.5, 0.6) is 0 Å². The van der Waals surface area contributed by atoms with E-state index in [9.17, 15) is 4.79 Å². The van der Waals surface area contributed by atoms with Crippen molar-refractivity contribution >= 4 is 6.09 Å². The molecule has 108 valence electrons. The molecule has 1 N–H and O–H groups in total. The molecule has 1 aromatic carbocycles. The molecule has 1 atom stereocenters. The van der Waals surface area contributed by atoms with E-state index >= 15 is 0 Å². The van der Waals surface area contributed by atoms with E-state index in [1.165, 1.54) is 0 Å². The number of alkyl carbamates (subject to hydrolysis) is 1. The van der Waals surface area contributed by atoms with Crippen molar-refractivity contribution in [3.05, 3.63) is 35.9 Å². The summed E-state index contributed by atoms with van der Waals surface area (Å²) in [7, 11) is 0. The average Bonchev–Trinajstić information content (AvgIpc) is 2.41. The number of hydrogen-bond acceptors (Lipinski definition) is 2. The lowest BCUT2D eigenvalue weighted by atomic mass is 9.85. The van der Waals surface area contributed by atoms with Crippen LogP contribution in [0.3, 0.4) is 0 Å². The Kier molecular flexibility index (Phi) is 6.11. The first kappa shape index (κ1) is 16.1. The van der Waals surface area contributed by atoms with Crippen LogP contribution in [-0.4, -0.2) is 12.6 Å². The monoisotopic (exact) mass is 273 g/mol. The Bertz CT molecular complexity index is 454. The molecule has 0 fully saturated rings. The first-order valence-electron chi connectivity index (χ1n) is 6.81. The fraction of sp³-hybridized carbons (Fsp3) is 0.471. The Balaban J connectivity index is 2.30. The van der Waals surface area contributed by atoms with Gasteiger partial charge in [-0.05, 0) is 17.4 Å². The zero-order valence-electron chi connectivity index (χ0n) is 12.5. The minimum Gasteiger partial charge on any atom is -0.445 e. The smallest absolute Gasteiger partial charge is 0.407 e. The summed E-state index contributed by atoms with van der Waals surface area (Å²) in [6, 6.07) is 9.57. The van der Waals surface area contributed by atoms with E-state index in [1.54, 1.807) is 0 Å². The summed E-state index contributed by atoms with van der Waals surface area (Å²) in [5.74, 6) is 2.74. The minimum absolute atomic E-state index is 0.0271. The molecule has 3 heteroatoms. The van der Waals surface area contributed by atoms with Crippen molar-refractivity contribution in [2.45, 2.75) is 33.8 Å². The number of benzene rings is 1. The van der Waals surface area contributed by atoms with Gasteiger partial charge in [0.2, 0.25) is 0 Å². The number of nitrogens with one attached hydrogen (secondary N) is 1. The van der Waals surface area contributed by atoms with Crippen LogP contribution in [0, 0.1) is 23.7 Å². The van der Waals surface area contributed by atoms with E-state index in [0.717, 1.165) is 12.0 Å². The predicted octanol–water partition coefficient (Wildman–Crippen LogP) is 3.60. The lowest BCUT2D eigenvalue weighted by Crippen LogP contribution is -2.31. The summed E-state index contributed by atoms with van der Waals surface area (Å²) in [6.07, 6.45) is 5.92. The fourth-order valence-electron chi connectivity index (χ4n) is 1.91. The third-order valence-corrected chi connectivity index (χ3v) is 2.80. The van der Waals surface area contributed by atoms with E-state index in [2.05, 4.69) is 32.0 Å². The van der Waals surface area contributed by atoms with E-state index in [1.807, 2.05) is 30.3 Å². The van der Waals surface area contributed by atoms with Gasteiger partial charge in [-0.1, -0.05) is 51.1 Å². The van der Waals surface area contributed by atoms with Crippen LogP contribution in [0.4, 0.5) is 4.79 Å². The summed E-state index contributed by atoms with van der Waals surface area (Å²) >= 11 is 0. The van der Waals surface area contributed by atoms with Gasteiger partial charge in [0.1, 0.15) is 6.61 Å². The van der Waals surface area contributed by atoms with Gasteiger partial charge in [0.15, 0.2) is 0 Å². The predicted molar refractivity (Wildman–Crippen MR) is 81.0 cm³/mol. The molecule has 3 nitrogen and oxygen atoms in total.